The molecule has 2 nitrogen and oxygen atoms in total. The van der Waals surface area contributed by atoms with Gasteiger partial charge >= 0.3 is 0 Å². The van der Waals surface area contributed by atoms with E-state index in [0.717, 1.165) is 5.69 Å². The van der Waals surface area contributed by atoms with Crippen LogP contribution in [0.15, 0.2) is 65.8 Å². The molecule has 0 atom stereocenters. The Bertz CT molecular complexity index is 542. The second-order valence-electron chi connectivity index (χ2n) is 4.03. The molecular weight excluding hydrogens is 220 g/mol. The van der Waals surface area contributed by atoms with Crippen molar-refractivity contribution in [3.8, 4) is 0 Å². The third kappa shape index (κ3) is 3.91. The molecule has 0 aliphatic rings. The highest BCUT2D eigenvalue weighted by Gasteiger charge is 1.87. The monoisotopic (exact) mass is 236 g/mol. The predicted octanol–water partition coefficient (Wildman–Crippen LogP) is 4.11. The van der Waals surface area contributed by atoms with E-state index >= 15 is 0 Å². The van der Waals surface area contributed by atoms with E-state index in [-0.39, 0.29) is 0 Å². The molecule has 0 saturated heterocycles. The summed E-state index contributed by atoms with van der Waals surface area (Å²) in [6.07, 6.45) is 5.68. The van der Waals surface area contributed by atoms with Gasteiger partial charge in [-0.3, -0.25) is 5.43 Å². The van der Waals surface area contributed by atoms with Crippen LogP contribution in [0.25, 0.3) is 6.08 Å². The molecule has 0 saturated carbocycles. The second-order valence-corrected chi connectivity index (χ2v) is 4.03. The molecule has 0 amide bonds. The number of nitrogens with zero attached hydrogens (tertiary/aromatic N) is 1. The topological polar surface area (TPSA) is 24.4 Å². The van der Waals surface area contributed by atoms with Gasteiger partial charge < -0.3 is 0 Å². The van der Waals surface area contributed by atoms with Crippen molar-refractivity contribution >= 4 is 18.0 Å². The number of hydrogen-bond donors (Lipinski definition) is 1. The van der Waals surface area contributed by atoms with Gasteiger partial charge in [-0.25, -0.2) is 0 Å². The molecule has 2 aromatic carbocycles. The summed E-state index contributed by atoms with van der Waals surface area (Å²) in [5, 5.41) is 4.14. The van der Waals surface area contributed by atoms with Crippen LogP contribution in [0, 0.1) is 6.92 Å². The molecule has 0 spiro atoms. The van der Waals surface area contributed by atoms with Crippen LogP contribution in [0.4, 0.5) is 5.69 Å². The summed E-state index contributed by atoms with van der Waals surface area (Å²) in [6, 6.07) is 18.3. The first kappa shape index (κ1) is 12.1. The number of aryl methyl sites for hydroxylation is 1. The Labute approximate surface area is 108 Å². The van der Waals surface area contributed by atoms with Gasteiger partial charge in [0.1, 0.15) is 0 Å². The number of rotatable bonds is 4. The van der Waals surface area contributed by atoms with E-state index in [9.17, 15) is 0 Å². The van der Waals surface area contributed by atoms with Crippen LogP contribution >= 0.6 is 0 Å². The molecule has 0 unspecified atom stereocenters. The Morgan fingerprint density at radius 1 is 1.00 bits per heavy atom. The largest absolute Gasteiger partial charge is 0.279 e. The Balaban J connectivity index is 1.87. The minimum Gasteiger partial charge on any atom is -0.279 e. The maximum atomic E-state index is 4.14. The van der Waals surface area contributed by atoms with Crippen LogP contribution in [-0.4, -0.2) is 6.21 Å². The van der Waals surface area contributed by atoms with E-state index in [4.69, 9.17) is 0 Å². The van der Waals surface area contributed by atoms with E-state index < -0.39 is 0 Å². The third-order valence-electron chi connectivity index (χ3n) is 2.46. The molecular formula is C16H16N2. The fourth-order valence-electron chi connectivity index (χ4n) is 1.59. The molecule has 2 heteroatoms. The van der Waals surface area contributed by atoms with E-state index in [0.29, 0.717) is 0 Å². The fourth-order valence-corrected chi connectivity index (χ4v) is 1.59. The van der Waals surface area contributed by atoms with Crippen LogP contribution in [0.3, 0.4) is 0 Å². The smallest absolute Gasteiger partial charge is 0.0564 e. The summed E-state index contributed by atoms with van der Waals surface area (Å²) in [5.74, 6) is 0. The van der Waals surface area contributed by atoms with E-state index in [1.807, 2.05) is 42.5 Å². The van der Waals surface area contributed by atoms with Crippen molar-refractivity contribution in [3.63, 3.8) is 0 Å². The molecule has 0 aliphatic heterocycles. The van der Waals surface area contributed by atoms with E-state index in [1.165, 1.54) is 11.1 Å². The SMILES string of the molecule is Cc1cccc(NN=CC=Cc2ccccc2)c1. The van der Waals surface area contributed by atoms with Gasteiger partial charge in [-0.05, 0) is 36.3 Å². The van der Waals surface area contributed by atoms with Gasteiger partial charge in [0.25, 0.3) is 0 Å². The fraction of sp³-hybridized carbons (Fsp3) is 0.0625. The predicted molar refractivity (Wildman–Crippen MR) is 78.8 cm³/mol. The van der Waals surface area contributed by atoms with E-state index in [1.54, 1.807) is 6.21 Å². The van der Waals surface area contributed by atoms with Gasteiger partial charge in [-0.2, -0.15) is 5.10 Å². The van der Waals surface area contributed by atoms with E-state index in [2.05, 4.69) is 41.7 Å². The van der Waals surface area contributed by atoms with Crippen LogP contribution in [0.1, 0.15) is 11.1 Å². The molecule has 0 aliphatic carbocycles. The van der Waals surface area contributed by atoms with Crippen LogP contribution < -0.4 is 5.43 Å². The molecule has 2 rings (SSSR count). The van der Waals surface area contributed by atoms with Crippen molar-refractivity contribution in [1.82, 2.24) is 0 Å². The zero-order valence-electron chi connectivity index (χ0n) is 10.4. The third-order valence-corrected chi connectivity index (χ3v) is 2.46. The van der Waals surface area contributed by atoms with Crippen LogP contribution in [-0.2, 0) is 0 Å². The highest BCUT2D eigenvalue weighted by Crippen LogP contribution is 2.08. The number of benzene rings is 2. The van der Waals surface area contributed by atoms with Crippen molar-refractivity contribution in [2.45, 2.75) is 6.92 Å². The Hall–Kier alpha value is -2.35. The molecule has 2 aromatic rings. The van der Waals surface area contributed by atoms with Crippen LogP contribution in [0.5, 0.6) is 0 Å². The first-order valence-corrected chi connectivity index (χ1v) is 5.92. The maximum Gasteiger partial charge on any atom is 0.0564 e. The van der Waals surface area contributed by atoms with Gasteiger partial charge in [-0.1, -0.05) is 48.5 Å². The average molecular weight is 236 g/mol. The lowest BCUT2D eigenvalue weighted by molar-refractivity contribution is 1.34. The number of hydrogen-bond acceptors (Lipinski definition) is 2. The number of hydrazone groups is 1. The summed E-state index contributed by atoms with van der Waals surface area (Å²) in [6.45, 7) is 2.06. The number of nitrogens with one attached hydrogen (secondary N) is 1. The summed E-state index contributed by atoms with van der Waals surface area (Å²) in [7, 11) is 0. The lowest BCUT2D eigenvalue weighted by atomic mass is 10.2. The molecule has 0 bridgehead atoms. The molecule has 0 heterocycles. The lowest BCUT2D eigenvalue weighted by Gasteiger charge is -1.99. The Morgan fingerprint density at radius 2 is 1.83 bits per heavy atom. The normalized spacial score (nSPS) is 11.2. The summed E-state index contributed by atoms with van der Waals surface area (Å²) in [5.41, 5.74) is 6.37. The molecule has 18 heavy (non-hydrogen) atoms. The minimum atomic E-state index is 0.999. The zero-order valence-corrected chi connectivity index (χ0v) is 10.4. The van der Waals surface area contributed by atoms with Gasteiger partial charge in [0.05, 0.1) is 5.69 Å². The average Bonchev–Trinajstić information content (AvgIpc) is 2.40. The summed E-state index contributed by atoms with van der Waals surface area (Å²) >= 11 is 0. The van der Waals surface area contributed by atoms with Gasteiger partial charge in [0.15, 0.2) is 0 Å². The molecule has 0 aromatic heterocycles. The molecule has 1 N–H and O–H groups in total. The number of allylic oxidation sites excluding steroid dienone is 1. The van der Waals surface area contributed by atoms with Crippen molar-refractivity contribution in [1.29, 1.82) is 0 Å². The van der Waals surface area contributed by atoms with Gasteiger partial charge in [0, 0.05) is 6.21 Å². The highest BCUT2D eigenvalue weighted by molar-refractivity contribution is 5.78. The molecule has 0 fully saturated rings. The standard InChI is InChI=1S/C16H16N2/c1-14-7-5-11-16(13-14)18-17-12-6-10-15-8-3-2-4-9-15/h2-13,18H,1H3. The van der Waals surface area contributed by atoms with Crippen LogP contribution in [0.2, 0.25) is 0 Å². The second kappa shape index (κ2) is 6.40. The minimum absolute atomic E-state index is 0.999. The van der Waals surface area contributed by atoms with Crippen molar-refractivity contribution < 1.29 is 0 Å². The quantitative estimate of drug-likeness (QED) is 0.627. The Morgan fingerprint density at radius 3 is 2.61 bits per heavy atom. The summed E-state index contributed by atoms with van der Waals surface area (Å²) in [4.78, 5) is 0. The molecule has 90 valence electrons. The Kier molecular flexibility index (Phi) is 4.31. The van der Waals surface area contributed by atoms with Crippen molar-refractivity contribution in [2.75, 3.05) is 5.43 Å². The first-order valence-electron chi connectivity index (χ1n) is 5.92. The first-order chi connectivity index (χ1) is 8.84. The van der Waals surface area contributed by atoms with Crippen molar-refractivity contribution in [2.24, 2.45) is 5.10 Å². The maximum absolute atomic E-state index is 4.14. The number of anilines is 1. The zero-order chi connectivity index (χ0) is 12.6. The van der Waals surface area contributed by atoms with Gasteiger partial charge in [0.2, 0.25) is 0 Å². The van der Waals surface area contributed by atoms with Gasteiger partial charge in [-0.15, -0.1) is 0 Å². The van der Waals surface area contributed by atoms with Crippen molar-refractivity contribution in [3.05, 3.63) is 71.8 Å². The highest BCUT2D eigenvalue weighted by atomic mass is 15.3. The lowest BCUT2D eigenvalue weighted by Crippen LogP contribution is -1.88. The molecule has 0 radical (unpaired) electrons. The summed E-state index contributed by atoms with van der Waals surface area (Å²) < 4.78 is 0.